The first-order valence-electron chi connectivity index (χ1n) is 2.56. The minimum absolute atomic E-state index is 0.0741. The zero-order valence-electron chi connectivity index (χ0n) is 4.76. The average molecular weight is 133 g/mol. The van der Waals surface area contributed by atoms with Crippen molar-refractivity contribution in [3.8, 4) is 0 Å². The second kappa shape index (κ2) is 2.27. The van der Waals surface area contributed by atoms with E-state index in [4.69, 9.17) is 11.6 Å². The average Bonchev–Trinajstić information content (AvgIpc) is 1.64. The number of hydrogen-bond acceptors (Lipinski definition) is 2. The molecule has 1 rings (SSSR count). The van der Waals surface area contributed by atoms with E-state index in [2.05, 4.69) is 5.32 Å². The van der Waals surface area contributed by atoms with E-state index in [9.17, 15) is 0 Å². The van der Waals surface area contributed by atoms with E-state index in [1.165, 1.54) is 0 Å². The van der Waals surface area contributed by atoms with Crippen molar-refractivity contribution >= 4 is 11.6 Å². The van der Waals surface area contributed by atoms with Crippen LogP contribution in [0.3, 0.4) is 0 Å². The summed E-state index contributed by atoms with van der Waals surface area (Å²) in [5.74, 6) is 0. The van der Waals surface area contributed by atoms with Crippen LogP contribution >= 0.6 is 11.6 Å². The van der Waals surface area contributed by atoms with Crippen molar-refractivity contribution in [2.75, 3.05) is 13.6 Å². The van der Waals surface area contributed by atoms with E-state index in [0.29, 0.717) is 0 Å². The number of alkyl halides is 1. The van der Waals surface area contributed by atoms with E-state index in [1.54, 1.807) is 0 Å². The lowest BCUT2D eigenvalue weighted by Crippen LogP contribution is -2.34. The summed E-state index contributed by atoms with van der Waals surface area (Å²) in [5.41, 5.74) is 0.0741. The number of hydrogen-bond donors (Lipinski definition) is 1. The Balaban J connectivity index is 2.42. The van der Waals surface area contributed by atoms with Crippen LogP contribution in [0, 0.1) is 0 Å². The maximum absolute atomic E-state index is 5.71. The van der Waals surface area contributed by atoms with Crippen molar-refractivity contribution < 1.29 is 0 Å². The molecule has 2 nitrogen and oxygen atoms in total. The molecule has 1 atom stereocenters. The van der Waals surface area contributed by atoms with Crippen molar-refractivity contribution in [1.29, 1.82) is 0 Å². The lowest BCUT2D eigenvalue weighted by atomic mass is 10.5. The van der Waals surface area contributed by atoms with Crippen LogP contribution in [0.15, 0.2) is 12.4 Å². The number of likely N-dealkylation sites (N-methyl/N-ethyl adjacent to an activating group) is 1. The zero-order chi connectivity index (χ0) is 5.98. The highest BCUT2D eigenvalue weighted by Crippen LogP contribution is 1.99. The molecule has 0 saturated heterocycles. The standard InChI is InChI=1S/C5H9ClN2/c1-8-3-2-7-5(6)4-8/h2-3,5,7H,4H2,1H3. The first-order valence-corrected chi connectivity index (χ1v) is 3.00. The lowest BCUT2D eigenvalue weighted by molar-refractivity contribution is 0.412. The molecule has 0 fully saturated rings. The van der Waals surface area contributed by atoms with Gasteiger partial charge in [0.15, 0.2) is 0 Å². The Hall–Kier alpha value is -0.370. The molecule has 0 amide bonds. The van der Waals surface area contributed by atoms with Crippen LogP contribution in [0.2, 0.25) is 0 Å². The highest BCUT2D eigenvalue weighted by Gasteiger charge is 2.05. The maximum atomic E-state index is 5.71. The molecule has 8 heavy (non-hydrogen) atoms. The summed E-state index contributed by atoms with van der Waals surface area (Å²) in [6, 6.07) is 0. The molecule has 0 aliphatic carbocycles. The topological polar surface area (TPSA) is 15.3 Å². The summed E-state index contributed by atoms with van der Waals surface area (Å²) in [7, 11) is 1.99. The Morgan fingerprint density at radius 2 is 2.62 bits per heavy atom. The quantitative estimate of drug-likeness (QED) is 0.383. The van der Waals surface area contributed by atoms with Gasteiger partial charge in [0.1, 0.15) is 5.50 Å². The molecule has 0 spiro atoms. The third kappa shape index (κ3) is 1.30. The highest BCUT2D eigenvalue weighted by molar-refractivity contribution is 6.20. The third-order valence-corrected chi connectivity index (χ3v) is 1.32. The van der Waals surface area contributed by atoms with Crippen LogP contribution in [-0.2, 0) is 0 Å². The molecular weight excluding hydrogens is 124 g/mol. The summed E-state index contributed by atoms with van der Waals surface area (Å²) >= 11 is 5.71. The van der Waals surface area contributed by atoms with Gasteiger partial charge in [-0.05, 0) is 0 Å². The monoisotopic (exact) mass is 132 g/mol. The van der Waals surface area contributed by atoms with E-state index in [-0.39, 0.29) is 5.50 Å². The van der Waals surface area contributed by atoms with Crippen molar-refractivity contribution in [3.63, 3.8) is 0 Å². The largest absolute Gasteiger partial charge is 0.376 e. The van der Waals surface area contributed by atoms with Crippen LogP contribution in [0.25, 0.3) is 0 Å². The molecule has 1 aliphatic rings. The summed E-state index contributed by atoms with van der Waals surface area (Å²) < 4.78 is 0. The third-order valence-electron chi connectivity index (χ3n) is 1.05. The van der Waals surface area contributed by atoms with Gasteiger partial charge in [0, 0.05) is 19.4 Å². The molecule has 0 aromatic carbocycles. The van der Waals surface area contributed by atoms with Crippen LogP contribution in [0.5, 0.6) is 0 Å². The van der Waals surface area contributed by atoms with E-state index >= 15 is 0 Å². The molecule has 1 N–H and O–H groups in total. The fraction of sp³-hybridized carbons (Fsp3) is 0.600. The van der Waals surface area contributed by atoms with Crippen LogP contribution in [0.1, 0.15) is 0 Å². The van der Waals surface area contributed by atoms with Gasteiger partial charge in [-0.3, -0.25) is 0 Å². The van der Waals surface area contributed by atoms with Crippen LogP contribution < -0.4 is 5.32 Å². The number of nitrogens with one attached hydrogen (secondary N) is 1. The zero-order valence-corrected chi connectivity index (χ0v) is 5.52. The minimum atomic E-state index is 0.0741. The molecule has 3 heteroatoms. The lowest BCUT2D eigenvalue weighted by Gasteiger charge is -2.22. The van der Waals surface area contributed by atoms with Gasteiger partial charge in [-0.25, -0.2) is 0 Å². The van der Waals surface area contributed by atoms with Gasteiger partial charge in [-0.2, -0.15) is 0 Å². The molecule has 0 bridgehead atoms. The smallest absolute Gasteiger partial charge is 0.119 e. The molecule has 1 aliphatic heterocycles. The predicted octanol–water partition coefficient (Wildman–Crippen LogP) is 0.557. The van der Waals surface area contributed by atoms with Gasteiger partial charge in [0.05, 0.1) is 6.54 Å². The van der Waals surface area contributed by atoms with Crippen LogP contribution in [0.4, 0.5) is 0 Å². The Labute approximate surface area is 54.1 Å². The summed E-state index contributed by atoms with van der Waals surface area (Å²) in [5, 5.41) is 2.96. The molecule has 46 valence electrons. The Kier molecular flexibility index (Phi) is 1.63. The normalized spacial score (nSPS) is 27.8. The number of rotatable bonds is 0. The molecule has 0 saturated carbocycles. The molecule has 1 heterocycles. The van der Waals surface area contributed by atoms with E-state index in [1.807, 2.05) is 24.3 Å². The summed E-state index contributed by atoms with van der Waals surface area (Å²) in [6.45, 7) is 0.873. The van der Waals surface area contributed by atoms with Gasteiger partial charge < -0.3 is 10.2 Å². The Bertz CT molecular complexity index is 103. The molecule has 1 unspecified atom stereocenters. The van der Waals surface area contributed by atoms with Gasteiger partial charge in [0.25, 0.3) is 0 Å². The molecular formula is C5H9ClN2. The second-order valence-corrected chi connectivity index (χ2v) is 2.42. The Morgan fingerprint density at radius 1 is 1.88 bits per heavy atom. The van der Waals surface area contributed by atoms with E-state index in [0.717, 1.165) is 6.54 Å². The second-order valence-electron chi connectivity index (χ2n) is 1.89. The molecule has 0 radical (unpaired) electrons. The van der Waals surface area contributed by atoms with Gasteiger partial charge in [-0.15, -0.1) is 0 Å². The Morgan fingerprint density at radius 3 is 3.00 bits per heavy atom. The minimum Gasteiger partial charge on any atom is -0.376 e. The highest BCUT2D eigenvalue weighted by atomic mass is 35.5. The summed E-state index contributed by atoms with van der Waals surface area (Å²) in [4.78, 5) is 2.04. The fourth-order valence-corrected chi connectivity index (χ4v) is 0.932. The van der Waals surface area contributed by atoms with Crippen molar-refractivity contribution in [3.05, 3.63) is 12.4 Å². The van der Waals surface area contributed by atoms with Crippen molar-refractivity contribution in [2.24, 2.45) is 0 Å². The number of nitrogens with zero attached hydrogens (tertiary/aromatic N) is 1. The van der Waals surface area contributed by atoms with Gasteiger partial charge in [0.2, 0.25) is 0 Å². The van der Waals surface area contributed by atoms with Crippen LogP contribution in [-0.4, -0.2) is 24.0 Å². The molecule has 0 aromatic heterocycles. The fourth-order valence-electron chi connectivity index (χ4n) is 0.641. The predicted molar refractivity (Wildman–Crippen MR) is 34.5 cm³/mol. The number of halogens is 1. The van der Waals surface area contributed by atoms with Gasteiger partial charge in [-0.1, -0.05) is 11.6 Å². The first-order chi connectivity index (χ1) is 3.79. The molecule has 0 aromatic rings. The SMILES string of the molecule is CN1C=CNC(Cl)C1. The van der Waals surface area contributed by atoms with Crippen molar-refractivity contribution in [2.45, 2.75) is 5.50 Å². The van der Waals surface area contributed by atoms with Crippen molar-refractivity contribution in [1.82, 2.24) is 10.2 Å². The van der Waals surface area contributed by atoms with Gasteiger partial charge >= 0.3 is 0 Å². The maximum Gasteiger partial charge on any atom is 0.119 e. The summed E-state index contributed by atoms with van der Waals surface area (Å²) in [6.07, 6.45) is 3.81. The first kappa shape index (κ1) is 5.76. The van der Waals surface area contributed by atoms with E-state index < -0.39 is 0 Å².